The van der Waals surface area contributed by atoms with Crippen molar-refractivity contribution in [3.05, 3.63) is 88.2 Å². The Morgan fingerprint density at radius 1 is 1.00 bits per heavy atom. The van der Waals surface area contributed by atoms with E-state index in [1.165, 1.54) is 0 Å². The van der Waals surface area contributed by atoms with Crippen molar-refractivity contribution in [3.8, 4) is 23.0 Å². The summed E-state index contributed by atoms with van der Waals surface area (Å²) < 4.78 is 21.8. The maximum absolute atomic E-state index is 13.0. The molecule has 37 heavy (non-hydrogen) atoms. The largest absolute Gasteiger partial charge is 0.497 e. The predicted molar refractivity (Wildman–Crippen MR) is 147 cm³/mol. The monoisotopic (exact) mass is 517 g/mol. The summed E-state index contributed by atoms with van der Waals surface area (Å²) in [5.41, 5.74) is 2.92. The summed E-state index contributed by atoms with van der Waals surface area (Å²) in [5.74, 6) is 2.88. The molecule has 0 spiro atoms. The summed E-state index contributed by atoms with van der Waals surface area (Å²) in [7, 11) is 1.60. The highest BCUT2D eigenvalue weighted by molar-refractivity contribution is 7.80. The molecular weight excluding hydrogens is 490 g/mol. The number of nitrogens with one attached hydrogen (secondary N) is 2. The molecule has 0 saturated carbocycles. The summed E-state index contributed by atoms with van der Waals surface area (Å²) in [6, 6.07) is 20.9. The molecule has 0 amide bonds. The van der Waals surface area contributed by atoms with Crippen molar-refractivity contribution in [3.63, 3.8) is 0 Å². The minimum atomic E-state index is -0.180. The number of pyridine rings is 1. The Bertz CT molecular complexity index is 1490. The minimum absolute atomic E-state index is 0.180. The van der Waals surface area contributed by atoms with Crippen LogP contribution in [0.3, 0.4) is 0 Å². The van der Waals surface area contributed by atoms with Crippen LogP contribution in [0.4, 0.5) is 5.69 Å². The maximum atomic E-state index is 13.0. The van der Waals surface area contributed by atoms with Crippen LogP contribution in [0.2, 0.25) is 0 Å². The Kier molecular flexibility index (Phi) is 7.14. The molecule has 1 aliphatic rings. The van der Waals surface area contributed by atoms with Gasteiger partial charge in [0.1, 0.15) is 11.5 Å². The van der Waals surface area contributed by atoms with Crippen LogP contribution >= 0.6 is 12.2 Å². The average molecular weight is 518 g/mol. The number of hydrogen-bond donors (Lipinski definition) is 2. The van der Waals surface area contributed by atoms with Gasteiger partial charge < -0.3 is 34.1 Å². The minimum Gasteiger partial charge on any atom is -0.497 e. The van der Waals surface area contributed by atoms with E-state index in [0.29, 0.717) is 53.1 Å². The molecule has 190 valence electrons. The summed E-state index contributed by atoms with van der Waals surface area (Å²) in [4.78, 5) is 17.9. The summed E-state index contributed by atoms with van der Waals surface area (Å²) in [6.45, 7) is 3.51. The van der Waals surface area contributed by atoms with Gasteiger partial charge in [-0.2, -0.15) is 0 Å². The van der Waals surface area contributed by atoms with Gasteiger partial charge in [0, 0.05) is 23.9 Å². The molecular formula is C28H27N3O5S. The quantitative estimate of drug-likeness (QED) is 0.314. The number of aromatic amines is 1. The number of methoxy groups -OCH3 is 1. The summed E-state index contributed by atoms with van der Waals surface area (Å²) in [6.07, 6.45) is 0. The summed E-state index contributed by atoms with van der Waals surface area (Å²) in [5, 5.41) is 4.68. The first-order chi connectivity index (χ1) is 18.0. The molecule has 0 fully saturated rings. The van der Waals surface area contributed by atoms with Crippen LogP contribution in [0.1, 0.15) is 18.1 Å². The van der Waals surface area contributed by atoms with E-state index in [-0.39, 0.29) is 12.4 Å². The van der Waals surface area contributed by atoms with E-state index in [4.69, 9.17) is 31.2 Å². The van der Waals surface area contributed by atoms with Crippen LogP contribution in [0.25, 0.3) is 10.9 Å². The molecule has 2 N–H and O–H groups in total. The molecule has 0 radical (unpaired) electrons. The van der Waals surface area contributed by atoms with E-state index in [0.717, 1.165) is 22.4 Å². The van der Waals surface area contributed by atoms with Gasteiger partial charge >= 0.3 is 0 Å². The van der Waals surface area contributed by atoms with Gasteiger partial charge in [0.15, 0.2) is 16.6 Å². The van der Waals surface area contributed by atoms with E-state index in [9.17, 15) is 4.79 Å². The number of benzene rings is 3. The highest BCUT2D eigenvalue weighted by atomic mass is 32.1. The van der Waals surface area contributed by atoms with Gasteiger partial charge in [-0.05, 0) is 84.7 Å². The number of hydrogen-bond acceptors (Lipinski definition) is 6. The lowest BCUT2D eigenvalue weighted by Crippen LogP contribution is -2.35. The van der Waals surface area contributed by atoms with Crippen LogP contribution in [0.5, 0.6) is 23.0 Å². The van der Waals surface area contributed by atoms with Gasteiger partial charge in [0.25, 0.3) is 5.56 Å². The van der Waals surface area contributed by atoms with E-state index in [1.54, 1.807) is 7.11 Å². The average Bonchev–Trinajstić information content (AvgIpc) is 3.37. The first-order valence-corrected chi connectivity index (χ1v) is 12.3. The molecule has 1 aliphatic heterocycles. The van der Waals surface area contributed by atoms with Crippen LogP contribution < -0.4 is 29.8 Å². The first-order valence-electron chi connectivity index (χ1n) is 11.9. The third kappa shape index (κ3) is 5.62. The smallest absolute Gasteiger partial charge is 0.253 e. The van der Waals surface area contributed by atoms with Gasteiger partial charge in [-0.15, -0.1) is 0 Å². The molecule has 0 atom stereocenters. The highest BCUT2D eigenvalue weighted by Gasteiger charge is 2.18. The lowest BCUT2D eigenvalue weighted by Gasteiger charge is -2.26. The second kappa shape index (κ2) is 10.8. The van der Waals surface area contributed by atoms with Gasteiger partial charge in [0.2, 0.25) is 6.79 Å². The first kappa shape index (κ1) is 24.5. The lowest BCUT2D eigenvalue weighted by atomic mass is 10.1. The van der Waals surface area contributed by atoms with E-state index < -0.39 is 0 Å². The number of thiocarbonyl (C=S) groups is 1. The second-order valence-corrected chi connectivity index (χ2v) is 8.89. The summed E-state index contributed by atoms with van der Waals surface area (Å²) >= 11 is 5.81. The van der Waals surface area contributed by atoms with E-state index in [1.807, 2.05) is 78.6 Å². The van der Waals surface area contributed by atoms with Crippen molar-refractivity contribution in [2.24, 2.45) is 0 Å². The predicted octanol–water partition coefficient (Wildman–Crippen LogP) is 5.06. The SMILES string of the molecule is CCOc1ccc(NC(=S)N(Cc2ccc3c(c2)OCO3)Cc2cc3ccc(OC)cc3[nH]c2=O)cc1. The number of H-pyrrole nitrogens is 1. The highest BCUT2D eigenvalue weighted by Crippen LogP contribution is 2.33. The fraction of sp³-hybridized carbons (Fsp3) is 0.214. The van der Waals surface area contributed by atoms with Crippen LogP contribution in [0.15, 0.2) is 71.5 Å². The zero-order chi connectivity index (χ0) is 25.8. The maximum Gasteiger partial charge on any atom is 0.253 e. The Morgan fingerprint density at radius 2 is 1.78 bits per heavy atom. The molecule has 0 bridgehead atoms. The molecule has 0 aliphatic carbocycles. The van der Waals surface area contributed by atoms with Crippen LogP contribution in [-0.4, -0.2) is 35.5 Å². The third-order valence-corrected chi connectivity index (χ3v) is 6.37. The van der Waals surface area contributed by atoms with Gasteiger partial charge in [-0.25, -0.2) is 0 Å². The van der Waals surface area contributed by atoms with E-state index in [2.05, 4.69) is 10.3 Å². The lowest BCUT2D eigenvalue weighted by molar-refractivity contribution is 0.174. The fourth-order valence-corrected chi connectivity index (χ4v) is 4.39. The molecule has 8 nitrogen and oxygen atoms in total. The molecule has 0 unspecified atom stereocenters. The van der Waals surface area contributed by atoms with Crippen molar-refractivity contribution >= 4 is 33.9 Å². The number of anilines is 1. The number of aromatic nitrogens is 1. The van der Waals surface area contributed by atoms with Crippen molar-refractivity contribution < 1.29 is 18.9 Å². The van der Waals surface area contributed by atoms with Crippen molar-refractivity contribution in [1.82, 2.24) is 9.88 Å². The molecule has 3 aromatic carbocycles. The van der Waals surface area contributed by atoms with Crippen molar-refractivity contribution in [1.29, 1.82) is 0 Å². The van der Waals surface area contributed by atoms with Crippen molar-refractivity contribution in [2.75, 3.05) is 25.8 Å². The third-order valence-electron chi connectivity index (χ3n) is 6.01. The zero-order valence-electron chi connectivity index (χ0n) is 20.6. The number of nitrogens with zero attached hydrogens (tertiary/aromatic N) is 1. The fourth-order valence-electron chi connectivity index (χ4n) is 4.14. The molecule has 0 saturated heterocycles. The Balaban J connectivity index is 1.42. The van der Waals surface area contributed by atoms with Crippen molar-refractivity contribution in [2.45, 2.75) is 20.0 Å². The Morgan fingerprint density at radius 3 is 2.57 bits per heavy atom. The molecule has 4 aromatic rings. The second-order valence-electron chi connectivity index (χ2n) is 8.51. The van der Waals surface area contributed by atoms with Gasteiger partial charge in [-0.1, -0.05) is 6.07 Å². The van der Waals surface area contributed by atoms with E-state index >= 15 is 0 Å². The normalized spacial score (nSPS) is 11.8. The number of ether oxygens (including phenoxy) is 4. The van der Waals surface area contributed by atoms with Crippen LogP contribution in [0, 0.1) is 0 Å². The number of rotatable bonds is 8. The van der Waals surface area contributed by atoms with Gasteiger partial charge in [0.05, 0.1) is 25.8 Å². The zero-order valence-corrected chi connectivity index (χ0v) is 21.4. The molecule has 9 heteroatoms. The molecule has 2 heterocycles. The molecule has 5 rings (SSSR count). The van der Waals surface area contributed by atoms with Crippen LogP contribution in [-0.2, 0) is 13.1 Å². The Labute approximate surface area is 219 Å². The number of fused-ring (bicyclic) bond motifs is 2. The Hall–Kier alpha value is -4.24. The topological polar surface area (TPSA) is 85.1 Å². The molecule has 1 aromatic heterocycles. The standard InChI is InChI=1S/C28H27N3O5S/c1-3-34-22-9-6-21(7-10-22)29-28(37)31(15-18-4-11-25-26(12-18)36-17-35-25)16-20-13-19-5-8-23(33-2)14-24(19)30-27(20)32/h4-14H,3,15-17H2,1-2H3,(H,29,37)(H,30,32). The van der Waals surface area contributed by atoms with Gasteiger partial charge in [-0.3, -0.25) is 4.79 Å².